The predicted molar refractivity (Wildman–Crippen MR) is 82.9 cm³/mol. The molecule has 0 aliphatic carbocycles. The molecule has 2 N–H and O–H groups in total. The Bertz CT molecular complexity index is 473. The quantitative estimate of drug-likeness (QED) is 0.896. The molecule has 0 aromatic carbocycles. The molecule has 4 nitrogen and oxygen atoms in total. The molecule has 0 spiro atoms. The molecule has 0 bridgehead atoms. The fourth-order valence-electron chi connectivity index (χ4n) is 2.64. The van der Waals surface area contributed by atoms with Crippen LogP contribution in [0.15, 0.2) is 12.3 Å². The first-order valence-corrected chi connectivity index (χ1v) is 7.68. The van der Waals surface area contributed by atoms with E-state index in [0.29, 0.717) is 17.9 Å². The number of hydrogen-bond donors (Lipinski definition) is 2. The van der Waals surface area contributed by atoms with Gasteiger partial charge in [-0.2, -0.15) is 0 Å². The number of rotatable bonds is 4. The number of aromatic nitrogens is 1. The molecule has 1 aromatic heterocycles. The molecular formula is C16H26FN3O. The molecule has 1 fully saturated rings. The average Bonchev–Trinajstić information content (AvgIpc) is 2.45. The minimum Gasteiger partial charge on any atom is -0.394 e. The van der Waals surface area contributed by atoms with Crippen molar-refractivity contribution in [2.45, 2.75) is 58.2 Å². The number of piperidine rings is 1. The standard InChI is InChI=1S/C16H26FN3O/c1-16(2,3)19-10-12-7-8-18-15(14(12)17)20-9-5-4-6-13(20)11-21/h7-8,13,19,21H,4-6,9-11H2,1-3H3. The lowest BCUT2D eigenvalue weighted by Gasteiger charge is -2.36. The minimum atomic E-state index is -0.269. The molecule has 1 aliphatic heterocycles. The van der Waals surface area contributed by atoms with E-state index >= 15 is 0 Å². The Balaban J connectivity index is 2.20. The second-order valence-electron chi connectivity index (χ2n) is 6.74. The van der Waals surface area contributed by atoms with Crippen LogP contribution in [0.2, 0.25) is 0 Å². The molecular weight excluding hydrogens is 269 g/mol. The van der Waals surface area contributed by atoms with Gasteiger partial charge in [0.1, 0.15) is 0 Å². The summed E-state index contributed by atoms with van der Waals surface area (Å²) in [4.78, 5) is 6.13. The van der Waals surface area contributed by atoms with Crippen LogP contribution in [0.4, 0.5) is 10.2 Å². The summed E-state index contributed by atoms with van der Waals surface area (Å²) in [6.07, 6.45) is 4.64. The molecule has 0 radical (unpaired) electrons. The smallest absolute Gasteiger partial charge is 0.170 e. The van der Waals surface area contributed by atoms with E-state index < -0.39 is 0 Å². The van der Waals surface area contributed by atoms with Gasteiger partial charge in [-0.25, -0.2) is 9.37 Å². The van der Waals surface area contributed by atoms with E-state index in [0.717, 1.165) is 25.8 Å². The van der Waals surface area contributed by atoms with Crippen molar-refractivity contribution in [3.63, 3.8) is 0 Å². The first kappa shape index (κ1) is 16.2. The summed E-state index contributed by atoms with van der Waals surface area (Å²) in [7, 11) is 0. The van der Waals surface area contributed by atoms with Gasteiger partial charge in [-0.05, 0) is 46.1 Å². The summed E-state index contributed by atoms with van der Waals surface area (Å²) in [5, 5.41) is 12.8. The predicted octanol–water partition coefficient (Wildman–Crippen LogP) is 2.46. The first-order chi connectivity index (χ1) is 9.92. The molecule has 118 valence electrons. The highest BCUT2D eigenvalue weighted by Gasteiger charge is 2.26. The number of pyridine rings is 1. The van der Waals surface area contributed by atoms with Crippen molar-refractivity contribution in [1.82, 2.24) is 10.3 Å². The van der Waals surface area contributed by atoms with E-state index in [1.165, 1.54) is 0 Å². The zero-order valence-corrected chi connectivity index (χ0v) is 13.2. The molecule has 2 heterocycles. The topological polar surface area (TPSA) is 48.4 Å². The largest absolute Gasteiger partial charge is 0.394 e. The lowest BCUT2D eigenvalue weighted by atomic mass is 10.0. The van der Waals surface area contributed by atoms with Gasteiger partial charge in [0.05, 0.1) is 12.6 Å². The Morgan fingerprint density at radius 2 is 2.19 bits per heavy atom. The van der Waals surface area contributed by atoms with Crippen molar-refractivity contribution in [2.24, 2.45) is 0 Å². The molecule has 1 atom stereocenters. The van der Waals surface area contributed by atoms with E-state index in [2.05, 4.69) is 31.1 Å². The highest BCUT2D eigenvalue weighted by Crippen LogP contribution is 2.26. The molecule has 1 saturated heterocycles. The number of halogens is 1. The maximum absolute atomic E-state index is 14.7. The van der Waals surface area contributed by atoms with Gasteiger partial charge in [0.15, 0.2) is 11.6 Å². The van der Waals surface area contributed by atoms with Gasteiger partial charge in [-0.15, -0.1) is 0 Å². The van der Waals surface area contributed by atoms with Crippen molar-refractivity contribution in [3.8, 4) is 0 Å². The van der Waals surface area contributed by atoms with Crippen molar-refractivity contribution in [1.29, 1.82) is 0 Å². The third-order valence-corrected chi connectivity index (χ3v) is 3.87. The normalized spacial score (nSPS) is 19.9. The SMILES string of the molecule is CC(C)(C)NCc1ccnc(N2CCCCC2CO)c1F. The van der Waals surface area contributed by atoms with Crippen molar-refractivity contribution >= 4 is 5.82 Å². The van der Waals surface area contributed by atoms with Crippen molar-refractivity contribution < 1.29 is 9.50 Å². The van der Waals surface area contributed by atoms with Gasteiger partial charge in [-0.3, -0.25) is 0 Å². The van der Waals surface area contributed by atoms with Crippen LogP contribution < -0.4 is 10.2 Å². The van der Waals surface area contributed by atoms with Crippen LogP contribution >= 0.6 is 0 Å². The fraction of sp³-hybridized carbons (Fsp3) is 0.688. The zero-order chi connectivity index (χ0) is 15.5. The summed E-state index contributed by atoms with van der Waals surface area (Å²) in [5.74, 6) is 0.108. The molecule has 1 aliphatic rings. The van der Waals surface area contributed by atoms with E-state index in [9.17, 15) is 9.50 Å². The Morgan fingerprint density at radius 3 is 2.86 bits per heavy atom. The number of nitrogens with zero attached hydrogens (tertiary/aromatic N) is 2. The second-order valence-corrected chi connectivity index (χ2v) is 6.74. The molecule has 0 amide bonds. The molecule has 2 rings (SSSR count). The van der Waals surface area contributed by atoms with Gasteiger partial charge in [-0.1, -0.05) is 0 Å². The van der Waals surface area contributed by atoms with Gasteiger partial charge < -0.3 is 15.3 Å². The Morgan fingerprint density at radius 1 is 1.43 bits per heavy atom. The first-order valence-electron chi connectivity index (χ1n) is 7.68. The van der Waals surface area contributed by atoms with Crippen LogP contribution in [-0.2, 0) is 6.54 Å². The van der Waals surface area contributed by atoms with Gasteiger partial charge in [0.2, 0.25) is 0 Å². The summed E-state index contributed by atoms with van der Waals surface area (Å²) >= 11 is 0. The highest BCUT2D eigenvalue weighted by molar-refractivity contribution is 5.44. The number of anilines is 1. The lowest BCUT2D eigenvalue weighted by Crippen LogP contribution is -2.43. The molecule has 21 heavy (non-hydrogen) atoms. The second kappa shape index (κ2) is 6.71. The van der Waals surface area contributed by atoms with Crippen LogP contribution in [0.25, 0.3) is 0 Å². The van der Waals surface area contributed by atoms with E-state index in [4.69, 9.17) is 0 Å². The van der Waals surface area contributed by atoms with E-state index in [-0.39, 0.29) is 24.0 Å². The third-order valence-electron chi connectivity index (χ3n) is 3.87. The van der Waals surface area contributed by atoms with Crippen molar-refractivity contribution in [3.05, 3.63) is 23.6 Å². The summed E-state index contributed by atoms with van der Waals surface area (Å²) in [5.41, 5.74) is 0.562. The van der Waals surface area contributed by atoms with Crippen LogP contribution in [0.5, 0.6) is 0 Å². The van der Waals surface area contributed by atoms with Crippen molar-refractivity contribution in [2.75, 3.05) is 18.1 Å². The molecule has 0 saturated carbocycles. The molecule has 1 aromatic rings. The Hall–Kier alpha value is -1.20. The maximum atomic E-state index is 14.7. The fourth-order valence-corrected chi connectivity index (χ4v) is 2.64. The summed E-state index contributed by atoms with van der Waals surface area (Å²) in [6, 6.07) is 1.70. The maximum Gasteiger partial charge on any atom is 0.170 e. The van der Waals surface area contributed by atoms with Gasteiger partial charge in [0, 0.05) is 30.4 Å². The monoisotopic (exact) mass is 295 g/mol. The third kappa shape index (κ3) is 4.14. The van der Waals surface area contributed by atoms with E-state index in [1.807, 2.05) is 4.90 Å². The summed E-state index contributed by atoms with van der Waals surface area (Å²) < 4.78 is 14.7. The number of nitrogens with one attached hydrogen (secondary N) is 1. The zero-order valence-electron chi connectivity index (χ0n) is 13.2. The van der Waals surface area contributed by atoms with Gasteiger partial charge in [0.25, 0.3) is 0 Å². The van der Waals surface area contributed by atoms with Gasteiger partial charge >= 0.3 is 0 Å². The number of aliphatic hydroxyl groups is 1. The van der Waals surface area contributed by atoms with Crippen LogP contribution in [-0.4, -0.2) is 34.8 Å². The van der Waals surface area contributed by atoms with Crippen LogP contribution in [0.3, 0.4) is 0 Å². The lowest BCUT2D eigenvalue weighted by molar-refractivity contribution is 0.238. The highest BCUT2D eigenvalue weighted by atomic mass is 19.1. The number of hydrogen-bond acceptors (Lipinski definition) is 4. The minimum absolute atomic E-state index is 0.0217. The average molecular weight is 295 g/mol. The molecule has 5 heteroatoms. The van der Waals surface area contributed by atoms with E-state index in [1.54, 1.807) is 12.3 Å². The van der Waals surface area contributed by atoms with Crippen LogP contribution in [0.1, 0.15) is 45.6 Å². The molecule has 1 unspecified atom stereocenters. The Labute approximate surface area is 126 Å². The van der Waals surface area contributed by atoms with Crippen LogP contribution in [0, 0.1) is 5.82 Å². The summed E-state index contributed by atoms with van der Waals surface area (Å²) in [6.45, 7) is 7.44. The number of aliphatic hydroxyl groups excluding tert-OH is 1. The Kier molecular flexibility index (Phi) is 5.17.